The van der Waals surface area contributed by atoms with E-state index in [4.69, 9.17) is 23.7 Å². The molecule has 1 aromatic rings. The van der Waals surface area contributed by atoms with E-state index in [1.807, 2.05) is 0 Å². The number of nitrogens with zero attached hydrogens (tertiary/aromatic N) is 1. The van der Waals surface area contributed by atoms with Crippen molar-refractivity contribution in [3.8, 4) is 0 Å². The Balaban J connectivity index is 2.56. The van der Waals surface area contributed by atoms with Crippen molar-refractivity contribution in [1.29, 1.82) is 0 Å². The van der Waals surface area contributed by atoms with Crippen molar-refractivity contribution in [3.63, 3.8) is 0 Å². The summed E-state index contributed by atoms with van der Waals surface area (Å²) < 4.78 is 26.2. The van der Waals surface area contributed by atoms with Crippen LogP contribution in [-0.4, -0.2) is 76.9 Å². The lowest BCUT2D eigenvalue weighted by Gasteiger charge is -2.44. The van der Waals surface area contributed by atoms with Gasteiger partial charge in [-0.1, -0.05) is 0 Å². The first kappa shape index (κ1) is 28.9. The summed E-state index contributed by atoms with van der Waals surface area (Å²) in [5, 5.41) is 13.6. The molecule has 2 rings (SSSR count). The van der Waals surface area contributed by atoms with Crippen LogP contribution in [0.3, 0.4) is 0 Å². The average molecular weight is 527 g/mol. The summed E-state index contributed by atoms with van der Waals surface area (Å²) in [6.45, 7) is 4.89. The molecule has 1 saturated heterocycles. The fourth-order valence-corrected chi connectivity index (χ4v) is 3.55. The van der Waals surface area contributed by atoms with Crippen molar-refractivity contribution in [2.75, 3.05) is 6.61 Å². The van der Waals surface area contributed by atoms with E-state index in [0.717, 1.165) is 33.9 Å². The Morgan fingerprint density at radius 1 is 1.00 bits per heavy atom. The minimum atomic E-state index is -1.70. The van der Waals surface area contributed by atoms with Crippen LogP contribution in [0.2, 0.25) is 0 Å². The van der Waals surface area contributed by atoms with Crippen LogP contribution in [0.5, 0.6) is 0 Å². The predicted molar refractivity (Wildman–Crippen MR) is 118 cm³/mol. The predicted octanol–water partition coefficient (Wildman–Crippen LogP) is -0.596. The molecule has 202 valence electrons. The second-order valence-corrected chi connectivity index (χ2v) is 7.86. The minimum absolute atomic E-state index is 0.105. The first-order valence-electron chi connectivity index (χ1n) is 10.7. The molecule has 1 aliphatic heterocycles. The van der Waals surface area contributed by atoms with Gasteiger partial charge in [0.2, 0.25) is 6.29 Å². The third-order valence-corrected chi connectivity index (χ3v) is 4.96. The zero-order chi connectivity index (χ0) is 28.0. The van der Waals surface area contributed by atoms with E-state index < -0.39 is 88.6 Å². The van der Waals surface area contributed by atoms with Crippen LogP contribution in [-0.2, 0) is 42.9 Å². The number of esters is 4. The Labute approximate surface area is 208 Å². The van der Waals surface area contributed by atoms with Crippen LogP contribution in [0.1, 0.15) is 43.7 Å². The monoisotopic (exact) mass is 527 g/mol. The quantitative estimate of drug-likeness (QED) is 0.187. The lowest BCUT2D eigenvalue weighted by atomic mass is 9.95. The smallest absolute Gasteiger partial charge is 0.335 e. The van der Waals surface area contributed by atoms with Crippen molar-refractivity contribution in [2.24, 2.45) is 0 Å². The van der Waals surface area contributed by atoms with Gasteiger partial charge >= 0.3 is 29.6 Å². The molecule has 2 N–H and O–H groups in total. The number of hydrogen-bond donors (Lipinski definition) is 2. The molecule has 0 spiro atoms. The molecular weight excluding hydrogens is 502 g/mol. The summed E-state index contributed by atoms with van der Waals surface area (Å²) in [6, 6.07) is -1.59. The number of H-pyrrole nitrogens is 1. The van der Waals surface area contributed by atoms with E-state index in [2.05, 4.69) is 10.3 Å². The molecule has 0 aliphatic carbocycles. The molecular formula is C21H25N3O13. The van der Waals surface area contributed by atoms with Crippen molar-refractivity contribution in [3.05, 3.63) is 37.8 Å². The molecule has 1 amide bonds. The fraction of sp³-hybridized carbons (Fsp3) is 0.524. The Morgan fingerprint density at radius 3 is 2.08 bits per heavy atom. The third-order valence-electron chi connectivity index (χ3n) is 4.96. The van der Waals surface area contributed by atoms with E-state index in [1.165, 1.54) is 6.92 Å². The average Bonchev–Trinajstić information content (AvgIpc) is 2.75. The Kier molecular flexibility index (Phi) is 9.42. The molecule has 2 heterocycles. The fourth-order valence-electron chi connectivity index (χ4n) is 3.55. The molecule has 5 atom stereocenters. The molecule has 1 aliphatic rings. The summed E-state index contributed by atoms with van der Waals surface area (Å²) >= 11 is 0. The van der Waals surface area contributed by atoms with Gasteiger partial charge in [-0.05, 0) is 6.92 Å². The summed E-state index contributed by atoms with van der Waals surface area (Å²) in [5.74, 6) is -4.58. The maximum atomic E-state index is 13.0. The molecule has 37 heavy (non-hydrogen) atoms. The molecule has 16 nitrogen and oxygen atoms in total. The van der Waals surface area contributed by atoms with Gasteiger partial charge < -0.3 is 34.0 Å². The van der Waals surface area contributed by atoms with Gasteiger partial charge in [-0.25, -0.2) is 0 Å². The number of carbonyl (C=O) groups is 5. The van der Waals surface area contributed by atoms with Gasteiger partial charge in [0, 0.05) is 33.9 Å². The van der Waals surface area contributed by atoms with Crippen LogP contribution in [0, 0.1) is 17.0 Å². The molecule has 0 saturated carbocycles. The number of aromatic nitrogens is 1. The lowest BCUT2D eigenvalue weighted by Crippen LogP contribution is -2.67. The molecule has 0 bridgehead atoms. The molecule has 16 heteroatoms. The minimum Gasteiger partial charge on any atom is -0.463 e. The van der Waals surface area contributed by atoms with Crippen LogP contribution >= 0.6 is 0 Å². The number of amides is 1. The first-order chi connectivity index (χ1) is 17.2. The Bertz CT molecular complexity index is 1160. The van der Waals surface area contributed by atoms with Gasteiger partial charge in [0.15, 0.2) is 12.2 Å². The normalized spacial score (nSPS) is 22.8. The first-order valence-corrected chi connectivity index (χ1v) is 10.7. The number of nitro groups is 1. The second-order valence-electron chi connectivity index (χ2n) is 7.86. The summed E-state index contributed by atoms with van der Waals surface area (Å²) in [4.78, 5) is 85.2. The van der Waals surface area contributed by atoms with Gasteiger partial charge in [-0.15, -0.1) is 0 Å². The molecule has 1 fully saturated rings. The maximum Gasteiger partial charge on any atom is 0.335 e. The van der Waals surface area contributed by atoms with Gasteiger partial charge in [0.05, 0.1) is 10.6 Å². The van der Waals surface area contributed by atoms with Crippen molar-refractivity contribution >= 4 is 35.5 Å². The van der Waals surface area contributed by atoms with Crippen molar-refractivity contribution in [2.45, 2.75) is 65.3 Å². The van der Waals surface area contributed by atoms with E-state index in [1.54, 1.807) is 0 Å². The molecule has 0 radical (unpaired) electrons. The zero-order valence-corrected chi connectivity index (χ0v) is 20.4. The standard InChI is InChI=1S/C21H25N3O13/c1-8-16(24(31)32)17(29)13(6-22-8)20(30)23-15-19(35-11(4)27)18(34-10(3)26)14(7-33-9(2)25)37-21(15)36-12(5)28/h6,14-15,18-19,21H,7H2,1-5H3,(H,22,29)(H,23,30)/t14-,15-,18+,19-,21-/m1/s1. The highest BCUT2D eigenvalue weighted by atomic mass is 16.7. The van der Waals surface area contributed by atoms with Gasteiger partial charge in [-0.2, -0.15) is 0 Å². The number of rotatable bonds is 8. The highest BCUT2D eigenvalue weighted by Crippen LogP contribution is 2.28. The lowest BCUT2D eigenvalue weighted by molar-refractivity contribution is -0.386. The van der Waals surface area contributed by atoms with Gasteiger partial charge in [0.1, 0.15) is 24.3 Å². The summed E-state index contributed by atoms with van der Waals surface area (Å²) in [6.07, 6.45) is -5.15. The number of nitrogens with one attached hydrogen (secondary N) is 2. The largest absolute Gasteiger partial charge is 0.463 e. The number of carbonyl (C=O) groups excluding carboxylic acids is 5. The summed E-state index contributed by atoms with van der Waals surface area (Å²) in [7, 11) is 0. The van der Waals surface area contributed by atoms with Gasteiger partial charge in [0.25, 0.3) is 11.3 Å². The van der Waals surface area contributed by atoms with Gasteiger partial charge in [-0.3, -0.25) is 38.9 Å². The van der Waals surface area contributed by atoms with Crippen molar-refractivity contribution < 1.29 is 52.6 Å². The Hall–Kier alpha value is -4.34. The SMILES string of the molecule is CC(=O)OC[C@H]1O[C@@H](OC(C)=O)[C@H](NC(=O)c2c[nH]c(C)c([N+](=O)[O-])c2=O)[C@@H](OC(C)=O)[C@H]1OC(C)=O. The van der Waals surface area contributed by atoms with Crippen LogP contribution in [0.15, 0.2) is 11.0 Å². The number of hydrogen-bond acceptors (Lipinski definition) is 13. The van der Waals surface area contributed by atoms with Crippen LogP contribution in [0.25, 0.3) is 0 Å². The number of ether oxygens (including phenoxy) is 5. The van der Waals surface area contributed by atoms with E-state index in [0.29, 0.717) is 0 Å². The summed E-state index contributed by atoms with van der Waals surface area (Å²) in [5.41, 5.74) is -2.88. The van der Waals surface area contributed by atoms with Crippen molar-refractivity contribution in [1.82, 2.24) is 10.3 Å². The Morgan fingerprint density at radius 2 is 1.57 bits per heavy atom. The number of pyridine rings is 1. The van der Waals surface area contributed by atoms with E-state index >= 15 is 0 Å². The third kappa shape index (κ3) is 7.33. The van der Waals surface area contributed by atoms with Crippen LogP contribution in [0.4, 0.5) is 5.69 Å². The topological polar surface area (TPSA) is 220 Å². The number of aryl methyl sites for hydroxylation is 1. The number of aromatic amines is 1. The van der Waals surface area contributed by atoms with Crippen LogP contribution < -0.4 is 10.7 Å². The molecule has 1 aromatic heterocycles. The molecule has 0 aromatic carbocycles. The zero-order valence-electron chi connectivity index (χ0n) is 20.4. The maximum absolute atomic E-state index is 13.0. The van der Waals surface area contributed by atoms with E-state index in [-0.39, 0.29) is 5.69 Å². The van der Waals surface area contributed by atoms with E-state index in [9.17, 15) is 38.9 Å². The highest BCUT2D eigenvalue weighted by Gasteiger charge is 2.52. The highest BCUT2D eigenvalue weighted by molar-refractivity contribution is 5.94. The second kappa shape index (κ2) is 12.1. The molecule has 0 unspecified atom stereocenters.